The van der Waals surface area contributed by atoms with Crippen molar-refractivity contribution in [3.05, 3.63) is 29.8 Å². The molecule has 2 aliphatic heterocycles. The van der Waals surface area contributed by atoms with Crippen LogP contribution >= 0.6 is 0 Å². The first kappa shape index (κ1) is 22.6. The molecule has 2 heterocycles. The highest BCUT2D eigenvalue weighted by Crippen LogP contribution is 2.22. The fourth-order valence-corrected chi connectivity index (χ4v) is 4.31. The molecule has 1 aromatic carbocycles. The minimum atomic E-state index is -0.400. The molecule has 3 rings (SSSR count). The summed E-state index contributed by atoms with van der Waals surface area (Å²) in [7, 11) is 1.63. The SMILES string of the molecule is CCN1CCN(CCNC(=O)C2CCCCC(=O)N2Cc2cccc(OC)c2)CC1. The number of hydrogen-bond acceptors (Lipinski definition) is 5. The Balaban J connectivity index is 1.56. The Kier molecular flexibility index (Phi) is 8.51. The van der Waals surface area contributed by atoms with Crippen LogP contribution in [-0.2, 0) is 16.1 Å². The number of methoxy groups -OCH3 is 1. The second kappa shape index (κ2) is 11.3. The lowest BCUT2D eigenvalue weighted by Gasteiger charge is -2.34. The normalized spacial score (nSPS) is 21.3. The first-order valence-electron chi connectivity index (χ1n) is 11.3. The van der Waals surface area contributed by atoms with Crippen LogP contribution in [0.4, 0.5) is 0 Å². The number of likely N-dealkylation sites (N-methyl/N-ethyl adjacent to an activating group) is 1. The molecule has 2 amide bonds. The van der Waals surface area contributed by atoms with Gasteiger partial charge in [-0.1, -0.05) is 25.5 Å². The number of carbonyl (C=O) groups excluding carboxylic acids is 2. The van der Waals surface area contributed by atoms with Crippen molar-refractivity contribution in [3.8, 4) is 5.75 Å². The number of nitrogens with zero attached hydrogens (tertiary/aromatic N) is 3. The fraction of sp³-hybridized carbons (Fsp3) is 0.652. The number of hydrogen-bond donors (Lipinski definition) is 1. The molecule has 1 N–H and O–H groups in total. The summed E-state index contributed by atoms with van der Waals surface area (Å²) in [6.45, 7) is 9.51. The van der Waals surface area contributed by atoms with E-state index in [2.05, 4.69) is 22.0 Å². The van der Waals surface area contributed by atoms with Crippen molar-refractivity contribution in [2.45, 2.75) is 45.2 Å². The van der Waals surface area contributed by atoms with Crippen LogP contribution in [0.3, 0.4) is 0 Å². The van der Waals surface area contributed by atoms with Crippen molar-refractivity contribution < 1.29 is 14.3 Å². The van der Waals surface area contributed by atoms with E-state index in [1.54, 1.807) is 12.0 Å². The zero-order valence-corrected chi connectivity index (χ0v) is 18.4. The van der Waals surface area contributed by atoms with Gasteiger partial charge in [0.15, 0.2) is 0 Å². The van der Waals surface area contributed by atoms with Gasteiger partial charge in [0.2, 0.25) is 11.8 Å². The lowest BCUT2D eigenvalue weighted by atomic mass is 10.1. The molecule has 1 aromatic rings. The van der Waals surface area contributed by atoms with Crippen molar-refractivity contribution in [3.63, 3.8) is 0 Å². The van der Waals surface area contributed by atoms with Gasteiger partial charge in [-0.15, -0.1) is 0 Å². The molecule has 0 aromatic heterocycles. The molecule has 1 unspecified atom stereocenters. The fourth-order valence-electron chi connectivity index (χ4n) is 4.31. The number of amides is 2. The van der Waals surface area contributed by atoms with Gasteiger partial charge < -0.3 is 19.9 Å². The van der Waals surface area contributed by atoms with Crippen molar-refractivity contribution >= 4 is 11.8 Å². The quantitative estimate of drug-likeness (QED) is 0.699. The zero-order valence-electron chi connectivity index (χ0n) is 18.4. The molecule has 1 atom stereocenters. The molecule has 2 aliphatic rings. The Bertz CT molecular complexity index is 703. The number of rotatable bonds is 8. The van der Waals surface area contributed by atoms with Crippen LogP contribution in [0.25, 0.3) is 0 Å². The van der Waals surface area contributed by atoms with Crippen LogP contribution in [0.15, 0.2) is 24.3 Å². The van der Waals surface area contributed by atoms with Gasteiger partial charge >= 0.3 is 0 Å². The Hall–Kier alpha value is -2.12. The Morgan fingerprint density at radius 1 is 1.17 bits per heavy atom. The lowest BCUT2D eigenvalue weighted by molar-refractivity contribution is -0.140. The van der Waals surface area contributed by atoms with E-state index in [1.165, 1.54) is 0 Å². The van der Waals surface area contributed by atoms with Gasteiger partial charge in [-0.05, 0) is 37.1 Å². The van der Waals surface area contributed by atoms with E-state index in [-0.39, 0.29) is 11.8 Å². The average molecular weight is 417 g/mol. The average Bonchev–Trinajstić information content (AvgIpc) is 2.96. The molecule has 7 nitrogen and oxygen atoms in total. The number of nitrogens with one attached hydrogen (secondary N) is 1. The first-order chi connectivity index (χ1) is 14.6. The Morgan fingerprint density at radius 3 is 2.67 bits per heavy atom. The molecule has 0 spiro atoms. The summed E-state index contributed by atoms with van der Waals surface area (Å²) in [5.74, 6) is 0.797. The number of carbonyl (C=O) groups is 2. The maximum absolute atomic E-state index is 13.0. The highest BCUT2D eigenvalue weighted by atomic mass is 16.5. The molecule has 2 fully saturated rings. The molecule has 0 bridgehead atoms. The molecule has 30 heavy (non-hydrogen) atoms. The van der Waals surface area contributed by atoms with E-state index in [0.29, 0.717) is 19.5 Å². The second-order valence-corrected chi connectivity index (χ2v) is 8.20. The van der Waals surface area contributed by atoms with Gasteiger partial charge in [0.1, 0.15) is 11.8 Å². The van der Waals surface area contributed by atoms with Crippen molar-refractivity contribution in [1.29, 1.82) is 0 Å². The van der Waals surface area contributed by atoms with E-state index in [9.17, 15) is 9.59 Å². The smallest absolute Gasteiger partial charge is 0.242 e. The van der Waals surface area contributed by atoms with Crippen LogP contribution in [0, 0.1) is 0 Å². The van der Waals surface area contributed by atoms with E-state index in [1.807, 2.05) is 24.3 Å². The molecule has 7 heteroatoms. The van der Waals surface area contributed by atoms with E-state index in [0.717, 1.165) is 69.8 Å². The van der Waals surface area contributed by atoms with Crippen LogP contribution in [0.1, 0.15) is 38.2 Å². The van der Waals surface area contributed by atoms with Gasteiger partial charge in [0, 0.05) is 52.2 Å². The molecular weight excluding hydrogens is 380 g/mol. The van der Waals surface area contributed by atoms with E-state index >= 15 is 0 Å². The topological polar surface area (TPSA) is 65.1 Å². The van der Waals surface area contributed by atoms with Crippen molar-refractivity contribution in [2.24, 2.45) is 0 Å². The first-order valence-corrected chi connectivity index (χ1v) is 11.3. The van der Waals surface area contributed by atoms with E-state index < -0.39 is 6.04 Å². The van der Waals surface area contributed by atoms with Crippen LogP contribution in [0.2, 0.25) is 0 Å². The highest BCUT2D eigenvalue weighted by molar-refractivity contribution is 5.88. The standard InChI is InChI=1S/C23H36N4O3/c1-3-25-13-15-26(16-14-25)12-11-24-23(29)21-9-4-5-10-22(28)27(21)18-19-7-6-8-20(17-19)30-2/h6-8,17,21H,3-5,9-16,18H2,1-2H3,(H,24,29). The molecule has 0 radical (unpaired) electrons. The Labute approximate surface area is 180 Å². The molecule has 0 aliphatic carbocycles. The minimum absolute atomic E-state index is 0.0275. The van der Waals surface area contributed by atoms with Crippen molar-refractivity contribution in [2.75, 3.05) is 52.9 Å². The van der Waals surface area contributed by atoms with Crippen LogP contribution < -0.4 is 10.1 Å². The summed E-state index contributed by atoms with van der Waals surface area (Å²) in [5.41, 5.74) is 0.983. The summed E-state index contributed by atoms with van der Waals surface area (Å²) < 4.78 is 5.30. The number of ether oxygens (including phenoxy) is 1. The monoisotopic (exact) mass is 416 g/mol. The molecule has 166 valence electrons. The summed E-state index contributed by atoms with van der Waals surface area (Å²) in [4.78, 5) is 32.4. The summed E-state index contributed by atoms with van der Waals surface area (Å²) in [5, 5.41) is 3.10. The summed E-state index contributed by atoms with van der Waals surface area (Å²) >= 11 is 0. The molecule has 0 saturated carbocycles. The maximum Gasteiger partial charge on any atom is 0.242 e. The van der Waals surface area contributed by atoms with Gasteiger partial charge in [-0.3, -0.25) is 14.5 Å². The zero-order chi connectivity index (χ0) is 21.3. The lowest BCUT2D eigenvalue weighted by Crippen LogP contribution is -2.51. The number of likely N-dealkylation sites (tertiary alicyclic amines) is 1. The minimum Gasteiger partial charge on any atom is -0.497 e. The predicted octanol–water partition coefficient (Wildman–Crippen LogP) is 1.72. The van der Waals surface area contributed by atoms with Crippen molar-refractivity contribution in [1.82, 2.24) is 20.0 Å². The van der Waals surface area contributed by atoms with Gasteiger partial charge in [-0.25, -0.2) is 0 Å². The summed E-state index contributed by atoms with van der Waals surface area (Å²) in [6, 6.07) is 7.32. The predicted molar refractivity (Wildman–Crippen MR) is 117 cm³/mol. The van der Waals surface area contributed by atoms with Gasteiger partial charge in [-0.2, -0.15) is 0 Å². The highest BCUT2D eigenvalue weighted by Gasteiger charge is 2.31. The Morgan fingerprint density at radius 2 is 1.93 bits per heavy atom. The van der Waals surface area contributed by atoms with E-state index in [4.69, 9.17) is 4.74 Å². The number of benzene rings is 1. The molecular formula is C23H36N4O3. The van der Waals surface area contributed by atoms with Crippen LogP contribution in [0.5, 0.6) is 5.75 Å². The summed E-state index contributed by atoms with van der Waals surface area (Å²) in [6.07, 6.45) is 2.97. The van der Waals surface area contributed by atoms with Gasteiger partial charge in [0.25, 0.3) is 0 Å². The second-order valence-electron chi connectivity index (χ2n) is 8.20. The largest absolute Gasteiger partial charge is 0.497 e. The number of piperazine rings is 1. The molecule has 2 saturated heterocycles. The third-order valence-electron chi connectivity index (χ3n) is 6.24. The third kappa shape index (κ3) is 6.19. The van der Waals surface area contributed by atoms with Crippen LogP contribution in [-0.4, -0.2) is 85.5 Å². The van der Waals surface area contributed by atoms with Gasteiger partial charge in [0.05, 0.1) is 7.11 Å². The maximum atomic E-state index is 13.0. The third-order valence-corrected chi connectivity index (χ3v) is 6.24.